The van der Waals surface area contributed by atoms with E-state index in [1.54, 1.807) is 30.0 Å². The van der Waals surface area contributed by atoms with Crippen LogP contribution in [0, 0.1) is 11.8 Å². The first-order valence-electron chi connectivity index (χ1n) is 5.15. The van der Waals surface area contributed by atoms with E-state index in [9.17, 15) is 4.79 Å². The lowest BCUT2D eigenvalue weighted by Gasteiger charge is -2.03. The summed E-state index contributed by atoms with van der Waals surface area (Å²) in [6, 6.07) is 1.61. The number of rotatable bonds is 2. The van der Waals surface area contributed by atoms with Crippen LogP contribution in [0.25, 0.3) is 0 Å². The first-order valence-corrected chi connectivity index (χ1v) is 6.03. The summed E-state index contributed by atoms with van der Waals surface area (Å²) < 4.78 is 0. The van der Waals surface area contributed by atoms with Crippen LogP contribution in [-0.2, 0) is 0 Å². The summed E-state index contributed by atoms with van der Waals surface area (Å²) in [5.74, 6) is 5.27. The van der Waals surface area contributed by atoms with Gasteiger partial charge in [0.1, 0.15) is 0 Å². The van der Waals surface area contributed by atoms with Gasteiger partial charge in [-0.25, -0.2) is 4.98 Å². The Balaban J connectivity index is 2.24. The standard InChI is InChI=1S/C12H10N4OS/c13-4-1-2-9-8-14-5-3-10(9)11(17)16-12-15-6-7-18-12/h3,5-8H,4,13H2,(H,15,16,17). The third kappa shape index (κ3) is 2.91. The maximum Gasteiger partial charge on any atom is 0.258 e. The third-order valence-corrected chi connectivity index (χ3v) is 2.73. The Kier molecular flexibility index (Phi) is 4.02. The molecule has 6 heteroatoms. The number of hydrogen-bond acceptors (Lipinski definition) is 5. The molecule has 0 saturated heterocycles. The van der Waals surface area contributed by atoms with Crippen LogP contribution in [0.3, 0.4) is 0 Å². The highest BCUT2D eigenvalue weighted by Gasteiger charge is 2.11. The molecule has 0 aliphatic rings. The summed E-state index contributed by atoms with van der Waals surface area (Å²) in [5, 5.41) is 5.04. The smallest absolute Gasteiger partial charge is 0.258 e. The van der Waals surface area contributed by atoms with Crippen LogP contribution in [0.2, 0.25) is 0 Å². The van der Waals surface area contributed by atoms with Crippen molar-refractivity contribution < 1.29 is 4.79 Å². The molecule has 0 atom stereocenters. The Morgan fingerprint density at radius 1 is 1.50 bits per heavy atom. The van der Waals surface area contributed by atoms with Crippen LogP contribution in [0.15, 0.2) is 30.0 Å². The summed E-state index contributed by atoms with van der Waals surface area (Å²) in [6.45, 7) is 0.239. The number of aromatic nitrogens is 2. The van der Waals surface area contributed by atoms with Gasteiger partial charge < -0.3 is 5.73 Å². The molecule has 2 aromatic heterocycles. The van der Waals surface area contributed by atoms with Crippen LogP contribution >= 0.6 is 11.3 Å². The topological polar surface area (TPSA) is 80.9 Å². The summed E-state index contributed by atoms with van der Waals surface area (Å²) >= 11 is 1.35. The number of thiazole rings is 1. The van der Waals surface area contributed by atoms with Crippen molar-refractivity contribution in [3.63, 3.8) is 0 Å². The molecule has 0 aliphatic heterocycles. The first kappa shape index (κ1) is 12.2. The Labute approximate surface area is 108 Å². The molecule has 0 spiro atoms. The fraction of sp³-hybridized carbons (Fsp3) is 0.0833. The molecule has 0 aromatic carbocycles. The minimum Gasteiger partial charge on any atom is -0.320 e. The van der Waals surface area contributed by atoms with E-state index in [1.807, 2.05) is 0 Å². The number of pyridine rings is 1. The van der Waals surface area contributed by atoms with Crippen LogP contribution in [0.5, 0.6) is 0 Å². The van der Waals surface area contributed by atoms with Crippen molar-refractivity contribution in [3.05, 3.63) is 41.2 Å². The van der Waals surface area contributed by atoms with E-state index in [0.29, 0.717) is 16.3 Å². The third-order valence-electron chi connectivity index (χ3n) is 2.04. The molecular weight excluding hydrogens is 248 g/mol. The second kappa shape index (κ2) is 5.91. The van der Waals surface area contributed by atoms with Gasteiger partial charge in [0.05, 0.1) is 17.7 Å². The van der Waals surface area contributed by atoms with E-state index in [0.717, 1.165) is 0 Å². The summed E-state index contributed by atoms with van der Waals surface area (Å²) in [6.07, 6.45) is 4.71. The zero-order valence-corrected chi connectivity index (χ0v) is 10.2. The van der Waals surface area contributed by atoms with Crippen LogP contribution in [0.4, 0.5) is 5.13 Å². The molecule has 2 aromatic rings. The van der Waals surface area contributed by atoms with Crippen molar-refractivity contribution in [1.82, 2.24) is 9.97 Å². The van der Waals surface area contributed by atoms with Gasteiger partial charge in [0.15, 0.2) is 5.13 Å². The quantitative estimate of drug-likeness (QED) is 0.790. The molecule has 0 fully saturated rings. The highest BCUT2D eigenvalue weighted by atomic mass is 32.1. The second-order valence-corrected chi connectivity index (χ2v) is 4.11. The Morgan fingerprint density at radius 2 is 2.39 bits per heavy atom. The molecule has 18 heavy (non-hydrogen) atoms. The predicted octanol–water partition coefficient (Wildman–Crippen LogP) is 1.10. The lowest BCUT2D eigenvalue weighted by molar-refractivity contribution is 0.102. The number of nitrogens with one attached hydrogen (secondary N) is 1. The molecule has 0 unspecified atom stereocenters. The molecule has 0 aliphatic carbocycles. The van der Waals surface area contributed by atoms with Crippen molar-refractivity contribution in [1.29, 1.82) is 0 Å². The molecular formula is C12H10N4OS. The number of hydrogen-bond donors (Lipinski definition) is 2. The second-order valence-electron chi connectivity index (χ2n) is 3.22. The minimum absolute atomic E-state index is 0.239. The lowest BCUT2D eigenvalue weighted by Crippen LogP contribution is -2.13. The van der Waals surface area contributed by atoms with Crippen molar-refractivity contribution in [2.45, 2.75) is 0 Å². The zero-order valence-electron chi connectivity index (χ0n) is 9.38. The highest BCUT2D eigenvalue weighted by Crippen LogP contribution is 2.13. The Hall–Kier alpha value is -2.23. The van der Waals surface area contributed by atoms with Gasteiger partial charge in [0.2, 0.25) is 0 Å². The van der Waals surface area contributed by atoms with E-state index in [-0.39, 0.29) is 12.5 Å². The number of carbonyl (C=O) groups excluding carboxylic acids is 1. The lowest BCUT2D eigenvalue weighted by atomic mass is 10.1. The average molecular weight is 258 g/mol. The van der Waals surface area contributed by atoms with Gasteiger partial charge in [-0.05, 0) is 6.07 Å². The number of amides is 1. The predicted molar refractivity (Wildman–Crippen MR) is 70.2 cm³/mol. The van der Waals surface area contributed by atoms with Crippen molar-refractivity contribution >= 4 is 22.4 Å². The first-order chi connectivity index (χ1) is 8.81. The van der Waals surface area contributed by atoms with E-state index in [1.165, 1.54) is 11.3 Å². The molecule has 90 valence electrons. The van der Waals surface area contributed by atoms with Gasteiger partial charge in [-0.2, -0.15) is 0 Å². The van der Waals surface area contributed by atoms with Crippen molar-refractivity contribution in [3.8, 4) is 11.8 Å². The van der Waals surface area contributed by atoms with Crippen molar-refractivity contribution in [2.24, 2.45) is 5.73 Å². The van der Waals surface area contributed by atoms with Gasteiger partial charge >= 0.3 is 0 Å². The van der Waals surface area contributed by atoms with E-state index < -0.39 is 0 Å². The minimum atomic E-state index is -0.256. The fourth-order valence-corrected chi connectivity index (χ4v) is 1.81. The zero-order chi connectivity index (χ0) is 12.8. The summed E-state index contributed by atoms with van der Waals surface area (Å²) in [7, 11) is 0. The van der Waals surface area contributed by atoms with Crippen LogP contribution in [-0.4, -0.2) is 22.4 Å². The number of nitrogens with zero attached hydrogens (tertiary/aromatic N) is 2. The van der Waals surface area contributed by atoms with Gasteiger partial charge in [-0.1, -0.05) is 11.8 Å². The van der Waals surface area contributed by atoms with Crippen LogP contribution in [0.1, 0.15) is 15.9 Å². The maximum absolute atomic E-state index is 12.0. The number of nitrogens with two attached hydrogens (primary N) is 1. The van der Waals surface area contributed by atoms with E-state index in [2.05, 4.69) is 27.1 Å². The molecule has 2 rings (SSSR count). The maximum atomic E-state index is 12.0. The van der Waals surface area contributed by atoms with Crippen molar-refractivity contribution in [2.75, 3.05) is 11.9 Å². The van der Waals surface area contributed by atoms with Gasteiger partial charge in [-0.15, -0.1) is 11.3 Å². The van der Waals surface area contributed by atoms with E-state index >= 15 is 0 Å². The number of carbonyl (C=O) groups is 1. The van der Waals surface area contributed by atoms with Gasteiger partial charge in [0.25, 0.3) is 5.91 Å². The molecule has 1 amide bonds. The van der Waals surface area contributed by atoms with Gasteiger partial charge in [-0.3, -0.25) is 15.1 Å². The van der Waals surface area contributed by atoms with E-state index in [4.69, 9.17) is 5.73 Å². The fourth-order valence-electron chi connectivity index (χ4n) is 1.29. The Morgan fingerprint density at radius 3 is 3.11 bits per heavy atom. The SMILES string of the molecule is NCC#Cc1cnccc1C(=O)Nc1nccs1. The van der Waals surface area contributed by atoms with Gasteiger partial charge in [0, 0.05) is 24.0 Å². The summed E-state index contributed by atoms with van der Waals surface area (Å²) in [4.78, 5) is 20.0. The monoisotopic (exact) mass is 258 g/mol. The molecule has 0 bridgehead atoms. The number of anilines is 1. The van der Waals surface area contributed by atoms with Crippen LogP contribution < -0.4 is 11.1 Å². The largest absolute Gasteiger partial charge is 0.320 e. The average Bonchev–Trinajstić information content (AvgIpc) is 2.89. The Bertz CT molecular complexity index is 598. The molecule has 0 radical (unpaired) electrons. The molecule has 3 N–H and O–H groups in total. The molecule has 5 nitrogen and oxygen atoms in total. The summed E-state index contributed by atoms with van der Waals surface area (Å²) in [5.41, 5.74) is 6.32. The normalized spacial score (nSPS) is 9.39. The molecule has 0 saturated carbocycles. The molecule has 2 heterocycles. The highest BCUT2D eigenvalue weighted by molar-refractivity contribution is 7.13.